The lowest BCUT2D eigenvalue weighted by atomic mass is 10.3. The molecular weight excluding hydrogens is 144 g/mol. The summed E-state index contributed by atoms with van der Waals surface area (Å²) in [5.41, 5.74) is 1.86. The summed E-state index contributed by atoms with van der Waals surface area (Å²) in [6.07, 6.45) is 1.91. The molecule has 1 aromatic rings. The van der Waals surface area contributed by atoms with Crippen LogP contribution in [-0.4, -0.2) is 11.5 Å². The molecule has 3 heteroatoms. The minimum Gasteiger partial charge on any atom is -0.310 e. The molecule has 0 fully saturated rings. The number of rotatable bonds is 3. The van der Waals surface area contributed by atoms with Gasteiger partial charge < -0.3 is 5.32 Å². The van der Waals surface area contributed by atoms with Crippen molar-refractivity contribution in [1.29, 1.82) is 0 Å². The molecule has 0 radical (unpaired) electrons. The number of aromatic nitrogens is 1. The minimum absolute atomic E-state index is 0.456. The third-order valence-electron chi connectivity index (χ3n) is 1.39. The zero-order valence-electron chi connectivity index (χ0n) is 6.29. The highest BCUT2D eigenvalue weighted by atomic mass is 32.1. The summed E-state index contributed by atoms with van der Waals surface area (Å²) < 4.78 is 0. The average molecular weight is 156 g/mol. The first-order valence-electron chi connectivity index (χ1n) is 3.46. The van der Waals surface area contributed by atoms with Crippen molar-refractivity contribution in [1.82, 2.24) is 10.3 Å². The van der Waals surface area contributed by atoms with E-state index in [-0.39, 0.29) is 0 Å². The fourth-order valence-corrected chi connectivity index (χ4v) is 1.50. The Labute approximate surface area is 65.3 Å². The number of hydrogen-bond acceptors (Lipinski definition) is 3. The first kappa shape index (κ1) is 7.69. The van der Waals surface area contributed by atoms with Crippen LogP contribution in [0.25, 0.3) is 0 Å². The lowest BCUT2D eigenvalue weighted by Crippen LogP contribution is -2.16. The molecule has 0 saturated heterocycles. The minimum atomic E-state index is 0.456. The van der Waals surface area contributed by atoms with Gasteiger partial charge in [-0.15, -0.1) is 11.3 Å². The molecule has 0 aliphatic rings. The van der Waals surface area contributed by atoms with E-state index < -0.39 is 0 Å². The molecule has 1 N–H and O–H groups in total. The van der Waals surface area contributed by atoms with Gasteiger partial charge in [-0.25, -0.2) is 0 Å². The van der Waals surface area contributed by atoms with E-state index in [4.69, 9.17) is 0 Å². The molecule has 1 rings (SSSR count). The second-order valence-corrected chi connectivity index (χ2v) is 3.10. The summed E-state index contributed by atoms with van der Waals surface area (Å²) in [5.74, 6) is 0. The Morgan fingerprint density at radius 1 is 1.80 bits per heavy atom. The van der Waals surface area contributed by atoms with Crippen molar-refractivity contribution >= 4 is 11.3 Å². The molecule has 0 spiro atoms. The third kappa shape index (κ3) is 1.78. The second-order valence-electron chi connectivity index (χ2n) is 2.18. The van der Waals surface area contributed by atoms with E-state index in [1.165, 1.54) is 4.88 Å². The molecule has 0 bridgehead atoms. The monoisotopic (exact) mass is 156 g/mol. The summed E-state index contributed by atoms with van der Waals surface area (Å²) in [4.78, 5) is 5.31. The standard InChI is InChI=1S/C7H12N2S/c1-3-9-6(2)7-4-8-5-10-7/h4-6,9H,3H2,1-2H3. The van der Waals surface area contributed by atoms with Gasteiger partial charge in [-0.1, -0.05) is 6.92 Å². The van der Waals surface area contributed by atoms with Gasteiger partial charge in [-0.2, -0.15) is 0 Å². The van der Waals surface area contributed by atoms with Gasteiger partial charge in [0.05, 0.1) is 5.51 Å². The van der Waals surface area contributed by atoms with Crippen LogP contribution in [0.2, 0.25) is 0 Å². The van der Waals surface area contributed by atoms with E-state index >= 15 is 0 Å². The van der Waals surface area contributed by atoms with E-state index in [9.17, 15) is 0 Å². The summed E-state index contributed by atoms with van der Waals surface area (Å²) >= 11 is 1.70. The van der Waals surface area contributed by atoms with Crippen LogP contribution in [0.15, 0.2) is 11.7 Å². The van der Waals surface area contributed by atoms with Crippen molar-refractivity contribution in [2.24, 2.45) is 0 Å². The van der Waals surface area contributed by atoms with E-state index in [0.29, 0.717) is 6.04 Å². The molecule has 1 atom stereocenters. The van der Waals surface area contributed by atoms with Crippen molar-refractivity contribution < 1.29 is 0 Å². The van der Waals surface area contributed by atoms with Crippen molar-refractivity contribution in [2.45, 2.75) is 19.9 Å². The lowest BCUT2D eigenvalue weighted by molar-refractivity contribution is 0.606. The van der Waals surface area contributed by atoms with Gasteiger partial charge >= 0.3 is 0 Å². The predicted octanol–water partition coefficient (Wildman–Crippen LogP) is 1.81. The predicted molar refractivity (Wildman–Crippen MR) is 44.2 cm³/mol. The smallest absolute Gasteiger partial charge is 0.0794 e. The van der Waals surface area contributed by atoms with Crippen molar-refractivity contribution in [3.05, 3.63) is 16.6 Å². The lowest BCUT2D eigenvalue weighted by Gasteiger charge is -2.07. The van der Waals surface area contributed by atoms with Gasteiger partial charge in [0.1, 0.15) is 0 Å². The topological polar surface area (TPSA) is 24.9 Å². The van der Waals surface area contributed by atoms with E-state index in [0.717, 1.165) is 6.54 Å². The Kier molecular flexibility index (Phi) is 2.83. The molecule has 1 unspecified atom stereocenters. The van der Waals surface area contributed by atoms with Gasteiger partial charge in [0, 0.05) is 17.1 Å². The van der Waals surface area contributed by atoms with Crippen LogP contribution in [0, 0.1) is 0 Å². The Morgan fingerprint density at radius 2 is 2.60 bits per heavy atom. The first-order valence-corrected chi connectivity index (χ1v) is 4.34. The molecule has 0 amide bonds. The van der Waals surface area contributed by atoms with Crippen LogP contribution in [0.4, 0.5) is 0 Å². The normalized spacial score (nSPS) is 13.4. The average Bonchev–Trinajstić information content (AvgIpc) is 2.38. The van der Waals surface area contributed by atoms with Gasteiger partial charge in [-0.3, -0.25) is 4.98 Å². The fraction of sp³-hybridized carbons (Fsp3) is 0.571. The largest absolute Gasteiger partial charge is 0.310 e. The van der Waals surface area contributed by atoms with Crippen molar-refractivity contribution in [2.75, 3.05) is 6.54 Å². The fourth-order valence-electron chi connectivity index (χ4n) is 0.846. The van der Waals surface area contributed by atoms with Crippen LogP contribution in [0.3, 0.4) is 0 Å². The quantitative estimate of drug-likeness (QED) is 0.722. The number of nitrogens with zero attached hydrogens (tertiary/aromatic N) is 1. The highest BCUT2D eigenvalue weighted by molar-refractivity contribution is 7.09. The van der Waals surface area contributed by atoms with Crippen LogP contribution in [0.5, 0.6) is 0 Å². The second kappa shape index (κ2) is 3.68. The maximum absolute atomic E-state index is 4.00. The Morgan fingerprint density at radius 3 is 3.10 bits per heavy atom. The highest BCUT2D eigenvalue weighted by Crippen LogP contribution is 2.15. The van der Waals surface area contributed by atoms with Gasteiger partial charge in [-0.05, 0) is 13.5 Å². The SMILES string of the molecule is CCNC(C)c1cncs1. The molecule has 0 aliphatic heterocycles. The third-order valence-corrected chi connectivity index (χ3v) is 2.35. The number of thiazole rings is 1. The van der Waals surface area contributed by atoms with Gasteiger partial charge in [0.25, 0.3) is 0 Å². The van der Waals surface area contributed by atoms with Crippen LogP contribution >= 0.6 is 11.3 Å². The van der Waals surface area contributed by atoms with Crippen LogP contribution in [-0.2, 0) is 0 Å². The molecule has 1 aromatic heterocycles. The van der Waals surface area contributed by atoms with E-state index in [2.05, 4.69) is 24.1 Å². The summed E-state index contributed by atoms with van der Waals surface area (Å²) in [6, 6.07) is 0.456. The van der Waals surface area contributed by atoms with Crippen molar-refractivity contribution in [3.8, 4) is 0 Å². The molecule has 10 heavy (non-hydrogen) atoms. The number of hydrogen-bond donors (Lipinski definition) is 1. The molecule has 2 nitrogen and oxygen atoms in total. The summed E-state index contributed by atoms with van der Waals surface area (Å²) in [6.45, 7) is 5.27. The van der Waals surface area contributed by atoms with Gasteiger partial charge in [0.2, 0.25) is 0 Å². The van der Waals surface area contributed by atoms with Crippen LogP contribution in [0.1, 0.15) is 24.8 Å². The van der Waals surface area contributed by atoms with Gasteiger partial charge in [0.15, 0.2) is 0 Å². The van der Waals surface area contributed by atoms with E-state index in [1.807, 2.05) is 11.7 Å². The number of nitrogens with one attached hydrogen (secondary N) is 1. The van der Waals surface area contributed by atoms with E-state index in [1.54, 1.807) is 11.3 Å². The Balaban J connectivity index is 2.50. The summed E-state index contributed by atoms with van der Waals surface area (Å²) in [7, 11) is 0. The highest BCUT2D eigenvalue weighted by Gasteiger charge is 2.02. The molecule has 0 aliphatic carbocycles. The zero-order chi connectivity index (χ0) is 7.40. The first-order chi connectivity index (χ1) is 4.84. The molecule has 0 saturated carbocycles. The maximum atomic E-state index is 4.00. The molecule has 56 valence electrons. The Hall–Kier alpha value is -0.410. The summed E-state index contributed by atoms with van der Waals surface area (Å²) in [5, 5.41) is 3.32. The molecular formula is C7H12N2S. The maximum Gasteiger partial charge on any atom is 0.0794 e. The molecule has 0 aromatic carbocycles. The zero-order valence-corrected chi connectivity index (χ0v) is 7.11. The molecule has 1 heterocycles. The van der Waals surface area contributed by atoms with Crippen molar-refractivity contribution in [3.63, 3.8) is 0 Å². The Bertz CT molecular complexity index is 172. The van der Waals surface area contributed by atoms with Crippen LogP contribution < -0.4 is 5.32 Å².